The Morgan fingerprint density at radius 2 is 2.00 bits per heavy atom. The average molecular weight is 280 g/mol. The number of hydrogen-bond donors (Lipinski definition) is 2. The van der Waals surface area contributed by atoms with Crippen LogP contribution in [-0.2, 0) is 16.6 Å². The molecule has 0 aliphatic heterocycles. The van der Waals surface area contributed by atoms with Gasteiger partial charge in [0.15, 0.2) is 0 Å². The summed E-state index contributed by atoms with van der Waals surface area (Å²) in [5, 5.41) is 2.94. The highest BCUT2D eigenvalue weighted by Crippen LogP contribution is 2.13. The fraction of sp³-hybridized carbons (Fsp3) is 0.250. The maximum absolute atomic E-state index is 12.0. The molecule has 0 fully saturated rings. The molecule has 7 heteroatoms. The molecule has 0 aliphatic carbocycles. The highest BCUT2D eigenvalue weighted by molar-refractivity contribution is 7.89. The van der Waals surface area contributed by atoms with Crippen LogP contribution in [0.25, 0.3) is 0 Å². The summed E-state index contributed by atoms with van der Waals surface area (Å²) in [5.74, 6) is 0. The van der Waals surface area contributed by atoms with Crippen molar-refractivity contribution in [2.45, 2.75) is 11.4 Å². The van der Waals surface area contributed by atoms with Gasteiger partial charge in [-0.3, -0.25) is 0 Å². The van der Waals surface area contributed by atoms with Crippen molar-refractivity contribution < 1.29 is 8.42 Å². The lowest BCUT2D eigenvalue weighted by atomic mass is 10.3. The van der Waals surface area contributed by atoms with Crippen molar-refractivity contribution in [3.63, 3.8) is 0 Å². The van der Waals surface area contributed by atoms with Gasteiger partial charge in [0.05, 0.1) is 11.2 Å². The van der Waals surface area contributed by atoms with Crippen molar-refractivity contribution in [3.05, 3.63) is 43.0 Å². The molecule has 0 bridgehead atoms. The first-order valence-corrected chi connectivity index (χ1v) is 7.33. The van der Waals surface area contributed by atoms with Crippen LogP contribution in [-0.4, -0.2) is 31.6 Å². The Balaban J connectivity index is 1.97. The smallest absolute Gasteiger partial charge is 0.240 e. The van der Waals surface area contributed by atoms with E-state index in [0.29, 0.717) is 13.1 Å². The fourth-order valence-electron chi connectivity index (χ4n) is 1.61. The summed E-state index contributed by atoms with van der Waals surface area (Å²) in [6.45, 7) is 0.875. The number of aromatic nitrogens is 2. The summed E-state index contributed by atoms with van der Waals surface area (Å²) < 4.78 is 28.4. The number of benzene rings is 1. The lowest BCUT2D eigenvalue weighted by Crippen LogP contribution is -2.27. The highest BCUT2D eigenvalue weighted by Gasteiger charge is 2.12. The van der Waals surface area contributed by atoms with E-state index < -0.39 is 10.0 Å². The molecule has 0 radical (unpaired) electrons. The van der Waals surface area contributed by atoms with Crippen molar-refractivity contribution in [1.82, 2.24) is 14.3 Å². The molecule has 2 rings (SSSR count). The predicted molar refractivity (Wildman–Crippen MR) is 73.4 cm³/mol. The van der Waals surface area contributed by atoms with Gasteiger partial charge in [0.1, 0.15) is 0 Å². The monoisotopic (exact) mass is 280 g/mol. The van der Waals surface area contributed by atoms with Gasteiger partial charge in [0.25, 0.3) is 0 Å². The zero-order valence-electron chi connectivity index (χ0n) is 10.6. The van der Waals surface area contributed by atoms with Gasteiger partial charge in [-0.05, 0) is 24.3 Å². The average Bonchev–Trinajstić information content (AvgIpc) is 2.92. The van der Waals surface area contributed by atoms with E-state index in [4.69, 9.17) is 0 Å². The Hall–Kier alpha value is -1.86. The molecule has 1 aromatic heterocycles. The SMILES string of the molecule is CNc1ccc(S(=O)(=O)NCCn2ccnc2)cc1. The number of hydrogen-bond acceptors (Lipinski definition) is 4. The number of rotatable bonds is 6. The van der Waals surface area contributed by atoms with Crippen molar-refractivity contribution >= 4 is 15.7 Å². The molecular weight excluding hydrogens is 264 g/mol. The Kier molecular flexibility index (Phi) is 4.18. The second-order valence-corrected chi connectivity index (χ2v) is 5.74. The second kappa shape index (κ2) is 5.85. The van der Waals surface area contributed by atoms with E-state index in [1.54, 1.807) is 50.0 Å². The van der Waals surface area contributed by atoms with Crippen molar-refractivity contribution in [3.8, 4) is 0 Å². The normalized spacial score (nSPS) is 11.4. The summed E-state index contributed by atoms with van der Waals surface area (Å²) in [6, 6.07) is 6.60. The third-order valence-electron chi connectivity index (χ3n) is 2.67. The van der Waals surface area contributed by atoms with E-state index in [2.05, 4.69) is 15.0 Å². The van der Waals surface area contributed by atoms with Gasteiger partial charge in [0, 0.05) is 38.2 Å². The van der Waals surface area contributed by atoms with Gasteiger partial charge < -0.3 is 9.88 Å². The van der Waals surface area contributed by atoms with E-state index in [0.717, 1.165) is 5.69 Å². The van der Waals surface area contributed by atoms with E-state index in [9.17, 15) is 8.42 Å². The maximum atomic E-state index is 12.0. The van der Waals surface area contributed by atoms with Crippen LogP contribution in [0, 0.1) is 0 Å². The third-order valence-corrected chi connectivity index (χ3v) is 4.15. The minimum Gasteiger partial charge on any atom is -0.388 e. The van der Waals surface area contributed by atoms with Crippen LogP contribution in [0.3, 0.4) is 0 Å². The largest absolute Gasteiger partial charge is 0.388 e. The van der Waals surface area contributed by atoms with Crippen LogP contribution in [0.1, 0.15) is 0 Å². The molecule has 0 saturated heterocycles. The molecule has 1 heterocycles. The van der Waals surface area contributed by atoms with Crippen LogP contribution in [0.15, 0.2) is 47.9 Å². The molecule has 2 N–H and O–H groups in total. The zero-order chi connectivity index (χ0) is 13.7. The van der Waals surface area contributed by atoms with Gasteiger partial charge in [-0.2, -0.15) is 0 Å². The molecule has 0 saturated carbocycles. The first-order valence-electron chi connectivity index (χ1n) is 5.85. The molecule has 2 aromatic rings. The molecule has 0 atom stereocenters. The van der Waals surface area contributed by atoms with E-state index in [1.807, 2.05) is 4.57 Å². The van der Waals surface area contributed by atoms with E-state index >= 15 is 0 Å². The van der Waals surface area contributed by atoms with Crippen LogP contribution in [0.5, 0.6) is 0 Å². The topological polar surface area (TPSA) is 76.0 Å². The molecule has 0 aliphatic rings. The zero-order valence-corrected chi connectivity index (χ0v) is 11.4. The lowest BCUT2D eigenvalue weighted by Gasteiger charge is -2.08. The number of imidazole rings is 1. The van der Waals surface area contributed by atoms with Crippen LogP contribution >= 0.6 is 0 Å². The minimum absolute atomic E-state index is 0.261. The maximum Gasteiger partial charge on any atom is 0.240 e. The van der Waals surface area contributed by atoms with Crippen molar-refractivity contribution in [2.24, 2.45) is 0 Å². The van der Waals surface area contributed by atoms with Gasteiger partial charge in [-0.1, -0.05) is 0 Å². The van der Waals surface area contributed by atoms with Gasteiger partial charge in [-0.15, -0.1) is 0 Å². The minimum atomic E-state index is -3.45. The van der Waals surface area contributed by atoms with Crippen LogP contribution < -0.4 is 10.0 Å². The van der Waals surface area contributed by atoms with Gasteiger partial charge in [0.2, 0.25) is 10.0 Å². The summed E-state index contributed by atoms with van der Waals surface area (Å²) in [4.78, 5) is 4.15. The third kappa shape index (κ3) is 3.55. The van der Waals surface area contributed by atoms with Crippen LogP contribution in [0.4, 0.5) is 5.69 Å². The first-order chi connectivity index (χ1) is 9.12. The molecule has 19 heavy (non-hydrogen) atoms. The van der Waals surface area contributed by atoms with Gasteiger partial charge in [-0.25, -0.2) is 18.1 Å². The van der Waals surface area contributed by atoms with Crippen molar-refractivity contribution in [2.75, 3.05) is 18.9 Å². The molecule has 0 amide bonds. The van der Waals surface area contributed by atoms with E-state index in [-0.39, 0.29) is 4.90 Å². The standard InChI is InChI=1S/C12H16N4O2S/c1-13-11-2-4-12(5-3-11)19(17,18)15-7-9-16-8-6-14-10-16/h2-6,8,10,13,15H,7,9H2,1H3. The second-order valence-electron chi connectivity index (χ2n) is 3.97. The Morgan fingerprint density at radius 1 is 1.26 bits per heavy atom. The van der Waals surface area contributed by atoms with E-state index in [1.165, 1.54) is 0 Å². The predicted octanol–water partition coefficient (Wildman–Crippen LogP) is 0.903. The molecule has 0 unspecified atom stereocenters. The summed E-state index contributed by atoms with van der Waals surface area (Å²) in [6.07, 6.45) is 5.09. The van der Waals surface area contributed by atoms with Gasteiger partial charge >= 0.3 is 0 Å². The summed E-state index contributed by atoms with van der Waals surface area (Å²) in [7, 11) is -1.67. The highest BCUT2D eigenvalue weighted by atomic mass is 32.2. The quantitative estimate of drug-likeness (QED) is 0.824. The Bertz CT molecular complexity index is 606. The van der Waals surface area contributed by atoms with Crippen LogP contribution in [0.2, 0.25) is 0 Å². The fourth-order valence-corrected chi connectivity index (χ4v) is 2.63. The number of anilines is 1. The summed E-state index contributed by atoms with van der Waals surface area (Å²) in [5.41, 5.74) is 0.873. The molecule has 0 spiro atoms. The molecular formula is C12H16N4O2S. The molecule has 102 valence electrons. The Morgan fingerprint density at radius 3 is 2.58 bits per heavy atom. The summed E-state index contributed by atoms with van der Waals surface area (Å²) >= 11 is 0. The number of nitrogens with zero attached hydrogens (tertiary/aromatic N) is 2. The Labute approximate surface area is 112 Å². The molecule has 6 nitrogen and oxygen atoms in total. The first kappa shape index (κ1) is 13.6. The van der Waals surface area contributed by atoms with Crippen molar-refractivity contribution in [1.29, 1.82) is 0 Å². The lowest BCUT2D eigenvalue weighted by molar-refractivity contribution is 0.573. The number of sulfonamides is 1. The molecule has 1 aromatic carbocycles. The number of nitrogens with one attached hydrogen (secondary N) is 2.